The van der Waals surface area contributed by atoms with Gasteiger partial charge in [0.15, 0.2) is 12.9 Å². The zero-order valence-electron chi connectivity index (χ0n) is 14.9. The van der Waals surface area contributed by atoms with Gasteiger partial charge < -0.3 is 14.8 Å². The van der Waals surface area contributed by atoms with Crippen LogP contribution in [0.25, 0.3) is 0 Å². The van der Waals surface area contributed by atoms with Crippen molar-refractivity contribution >= 4 is 17.9 Å². The molecule has 136 valence electrons. The molecule has 0 atom stereocenters. The molecule has 26 heavy (non-hydrogen) atoms. The smallest absolute Gasteiger partial charge is 0.262 e. The van der Waals surface area contributed by atoms with Gasteiger partial charge in [-0.2, -0.15) is 0 Å². The molecule has 0 aliphatic heterocycles. The molecule has 0 saturated heterocycles. The number of rotatable bonds is 8. The van der Waals surface area contributed by atoms with E-state index in [9.17, 15) is 9.59 Å². The Hall–Kier alpha value is -2.82. The van der Waals surface area contributed by atoms with Gasteiger partial charge in [-0.05, 0) is 61.1 Å². The minimum absolute atomic E-state index is 0.171. The van der Waals surface area contributed by atoms with Gasteiger partial charge in [0.05, 0.1) is 12.2 Å². The van der Waals surface area contributed by atoms with Gasteiger partial charge in [0, 0.05) is 11.8 Å². The van der Waals surface area contributed by atoms with E-state index in [1.54, 1.807) is 18.2 Å². The standard InChI is InChI=1S/C21H23NO4/c1-2-10-25-19-9-7-17(13-23)20(12-19)26-14-21(24)22-18-8-6-15-4-3-5-16(15)11-18/h6-9,11-13H,2-5,10,14H2,1H3,(H,22,24). The van der Waals surface area contributed by atoms with Crippen LogP contribution < -0.4 is 14.8 Å². The number of aryl methyl sites for hydroxylation is 2. The number of fused-ring (bicyclic) bond motifs is 1. The molecular formula is C21H23NO4. The summed E-state index contributed by atoms with van der Waals surface area (Å²) in [6, 6.07) is 11.0. The van der Waals surface area contributed by atoms with Gasteiger partial charge in [0.25, 0.3) is 5.91 Å². The molecule has 2 aromatic carbocycles. The summed E-state index contributed by atoms with van der Waals surface area (Å²) in [5, 5.41) is 2.84. The molecule has 0 heterocycles. The van der Waals surface area contributed by atoms with Gasteiger partial charge in [-0.15, -0.1) is 0 Å². The van der Waals surface area contributed by atoms with Crippen molar-refractivity contribution in [3.63, 3.8) is 0 Å². The largest absolute Gasteiger partial charge is 0.493 e. The van der Waals surface area contributed by atoms with E-state index in [4.69, 9.17) is 9.47 Å². The fourth-order valence-electron chi connectivity index (χ4n) is 3.04. The van der Waals surface area contributed by atoms with Crippen molar-refractivity contribution in [1.82, 2.24) is 0 Å². The predicted molar refractivity (Wildman–Crippen MR) is 100 cm³/mol. The number of ether oxygens (including phenoxy) is 2. The van der Waals surface area contributed by atoms with Crippen molar-refractivity contribution in [2.75, 3.05) is 18.5 Å². The number of carbonyl (C=O) groups is 2. The molecule has 5 nitrogen and oxygen atoms in total. The molecule has 2 aromatic rings. The van der Waals surface area contributed by atoms with Crippen LogP contribution in [-0.2, 0) is 17.6 Å². The van der Waals surface area contributed by atoms with E-state index in [1.807, 2.05) is 19.1 Å². The topological polar surface area (TPSA) is 64.6 Å². The normalized spacial score (nSPS) is 12.3. The van der Waals surface area contributed by atoms with Crippen molar-refractivity contribution in [3.8, 4) is 11.5 Å². The molecule has 1 aliphatic rings. The van der Waals surface area contributed by atoms with Gasteiger partial charge in [-0.1, -0.05) is 13.0 Å². The molecule has 0 fully saturated rings. The molecule has 1 N–H and O–H groups in total. The first-order chi connectivity index (χ1) is 12.7. The lowest BCUT2D eigenvalue weighted by Crippen LogP contribution is -2.20. The van der Waals surface area contributed by atoms with Crippen molar-refractivity contribution in [1.29, 1.82) is 0 Å². The zero-order valence-corrected chi connectivity index (χ0v) is 14.9. The molecule has 0 spiro atoms. The van der Waals surface area contributed by atoms with Crippen molar-refractivity contribution in [2.24, 2.45) is 0 Å². The SMILES string of the molecule is CCCOc1ccc(C=O)c(OCC(=O)Nc2ccc3c(c2)CCC3)c1. The zero-order chi connectivity index (χ0) is 18.4. The molecule has 0 radical (unpaired) electrons. The second-order valence-electron chi connectivity index (χ2n) is 6.34. The highest BCUT2D eigenvalue weighted by molar-refractivity contribution is 5.92. The van der Waals surface area contributed by atoms with Gasteiger partial charge in [-0.25, -0.2) is 0 Å². The highest BCUT2D eigenvalue weighted by Gasteiger charge is 2.13. The van der Waals surface area contributed by atoms with Crippen LogP contribution in [0.2, 0.25) is 0 Å². The first-order valence-corrected chi connectivity index (χ1v) is 8.96. The number of nitrogens with one attached hydrogen (secondary N) is 1. The summed E-state index contributed by atoms with van der Waals surface area (Å²) >= 11 is 0. The Morgan fingerprint density at radius 2 is 1.96 bits per heavy atom. The molecule has 5 heteroatoms. The van der Waals surface area contributed by atoms with E-state index in [1.165, 1.54) is 17.5 Å². The quantitative estimate of drug-likeness (QED) is 0.733. The lowest BCUT2D eigenvalue weighted by atomic mass is 10.1. The van der Waals surface area contributed by atoms with Crippen molar-refractivity contribution < 1.29 is 19.1 Å². The Bertz CT molecular complexity index is 801. The van der Waals surface area contributed by atoms with Crippen molar-refractivity contribution in [2.45, 2.75) is 32.6 Å². The fraction of sp³-hybridized carbons (Fsp3) is 0.333. The fourth-order valence-corrected chi connectivity index (χ4v) is 3.04. The molecule has 0 unspecified atom stereocenters. The highest BCUT2D eigenvalue weighted by Crippen LogP contribution is 2.26. The predicted octanol–water partition coefficient (Wildman–Crippen LogP) is 3.79. The maximum absolute atomic E-state index is 12.2. The van der Waals surface area contributed by atoms with E-state index in [-0.39, 0.29) is 12.5 Å². The lowest BCUT2D eigenvalue weighted by Gasteiger charge is -2.12. The van der Waals surface area contributed by atoms with E-state index in [0.717, 1.165) is 24.9 Å². The van der Waals surface area contributed by atoms with Crippen molar-refractivity contribution in [3.05, 3.63) is 53.1 Å². The summed E-state index contributed by atoms with van der Waals surface area (Å²) < 4.78 is 11.1. The van der Waals surface area contributed by atoms with Crippen LogP contribution in [0.4, 0.5) is 5.69 Å². The summed E-state index contributed by atoms with van der Waals surface area (Å²) in [5.41, 5.74) is 3.82. The van der Waals surface area contributed by atoms with Crippen LogP contribution in [-0.4, -0.2) is 25.4 Å². The second-order valence-corrected chi connectivity index (χ2v) is 6.34. The number of anilines is 1. The second kappa shape index (κ2) is 8.52. The lowest BCUT2D eigenvalue weighted by molar-refractivity contribution is -0.118. The first-order valence-electron chi connectivity index (χ1n) is 8.96. The maximum atomic E-state index is 12.2. The third-order valence-corrected chi connectivity index (χ3v) is 4.33. The number of aldehydes is 1. The molecule has 0 aromatic heterocycles. The van der Waals surface area contributed by atoms with Crippen LogP contribution in [0.1, 0.15) is 41.3 Å². The number of carbonyl (C=O) groups excluding carboxylic acids is 2. The molecule has 1 aliphatic carbocycles. The van der Waals surface area contributed by atoms with E-state index in [2.05, 4.69) is 11.4 Å². The summed E-state index contributed by atoms with van der Waals surface area (Å²) in [4.78, 5) is 23.4. The minimum atomic E-state index is -0.264. The summed E-state index contributed by atoms with van der Waals surface area (Å²) in [6.45, 7) is 2.42. The van der Waals surface area contributed by atoms with Gasteiger partial charge >= 0.3 is 0 Å². The number of hydrogen-bond acceptors (Lipinski definition) is 4. The number of benzene rings is 2. The average molecular weight is 353 g/mol. The third-order valence-electron chi connectivity index (χ3n) is 4.33. The molecular weight excluding hydrogens is 330 g/mol. The van der Waals surface area contributed by atoms with Crippen LogP contribution in [0.3, 0.4) is 0 Å². The number of amides is 1. The summed E-state index contributed by atoms with van der Waals surface area (Å²) in [6.07, 6.45) is 4.92. The first kappa shape index (κ1) is 18.0. The third kappa shape index (κ3) is 4.42. The molecule has 0 bridgehead atoms. The number of hydrogen-bond donors (Lipinski definition) is 1. The highest BCUT2D eigenvalue weighted by atomic mass is 16.5. The Labute approximate surface area is 153 Å². The summed E-state index contributed by atoms with van der Waals surface area (Å²) in [5.74, 6) is 0.698. The van der Waals surface area contributed by atoms with E-state index < -0.39 is 0 Å². The van der Waals surface area contributed by atoms with Crippen LogP contribution in [0.5, 0.6) is 11.5 Å². The Kier molecular flexibility index (Phi) is 5.89. The maximum Gasteiger partial charge on any atom is 0.262 e. The van der Waals surface area contributed by atoms with Gasteiger partial charge in [-0.3, -0.25) is 9.59 Å². The monoisotopic (exact) mass is 353 g/mol. The van der Waals surface area contributed by atoms with E-state index >= 15 is 0 Å². The van der Waals surface area contributed by atoms with E-state index in [0.29, 0.717) is 30.0 Å². The molecule has 0 saturated carbocycles. The van der Waals surface area contributed by atoms with Crippen LogP contribution in [0.15, 0.2) is 36.4 Å². The average Bonchev–Trinajstić information content (AvgIpc) is 3.12. The van der Waals surface area contributed by atoms with Crippen LogP contribution >= 0.6 is 0 Å². The molecule has 1 amide bonds. The minimum Gasteiger partial charge on any atom is -0.493 e. The Morgan fingerprint density at radius 3 is 2.77 bits per heavy atom. The van der Waals surface area contributed by atoms with Gasteiger partial charge in [0.2, 0.25) is 0 Å². The molecule has 3 rings (SSSR count). The Balaban J connectivity index is 1.60. The van der Waals surface area contributed by atoms with Gasteiger partial charge in [0.1, 0.15) is 11.5 Å². The van der Waals surface area contributed by atoms with Crippen LogP contribution in [0, 0.1) is 0 Å². The summed E-state index contributed by atoms with van der Waals surface area (Å²) in [7, 11) is 0. The Morgan fingerprint density at radius 1 is 1.12 bits per heavy atom.